The standard InChI is InChI=1S/C25H29BN6O6/c1-15(2)10-21(26-37-24(35)19-13-31-14-20(32(19)31)25(36)38-26)30-22(33)17(11-16-6-4-3-5-7-16)29-23(34)18-12-27-8-9-28-18/h3-9,12,15,17,19-21H,10-11,13-14H2,1-2H3,(H,29,34)(H,30,33)/t17-,19-,20+,21-/m0/s1. The van der Waals surface area contributed by atoms with Gasteiger partial charge in [0.05, 0.1) is 12.1 Å². The van der Waals surface area contributed by atoms with Crippen molar-refractivity contribution < 1.29 is 28.5 Å². The Kier molecular flexibility index (Phi) is 7.38. The molecule has 0 radical (unpaired) electrons. The normalized spacial score (nSPS) is 22.4. The Morgan fingerprint density at radius 2 is 1.74 bits per heavy atom. The summed E-state index contributed by atoms with van der Waals surface area (Å²) in [6, 6.07) is 7.20. The van der Waals surface area contributed by atoms with E-state index in [0.717, 1.165) is 5.56 Å². The molecule has 0 saturated carbocycles. The van der Waals surface area contributed by atoms with Crippen LogP contribution in [0, 0.1) is 5.92 Å². The molecule has 2 N–H and O–H groups in total. The van der Waals surface area contributed by atoms with Crippen LogP contribution in [0.25, 0.3) is 0 Å². The van der Waals surface area contributed by atoms with E-state index in [-0.39, 0.29) is 18.0 Å². The fourth-order valence-corrected chi connectivity index (χ4v) is 4.92. The van der Waals surface area contributed by atoms with E-state index in [0.29, 0.717) is 19.5 Å². The molecular weight excluding hydrogens is 491 g/mol. The Hall–Kier alpha value is -3.84. The van der Waals surface area contributed by atoms with Crippen LogP contribution in [0.1, 0.15) is 36.3 Å². The van der Waals surface area contributed by atoms with Crippen LogP contribution in [0.2, 0.25) is 0 Å². The van der Waals surface area contributed by atoms with Crippen molar-refractivity contribution in [3.63, 3.8) is 0 Å². The third-order valence-electron chi connectivity index (χ3n) is 6.82. The molecule has 1 aromatic carbocycles. The van der Waals surface area contributed by atoms with Crippen LogP contribution in [-0.4, -0.2) is 88.0 Å². The average Bonchev–Trinajstić information content (AvgIpc) is 2.88. The number of rotatable bonds is 9. The van der Waals surface area contributed by atoms with E-state index in [9.17, 15) is 19.2 Å². The molecule has 0 bridgehead atoms. The molecule has 13 heteroatoms. The van der Waals surface area contributed by atoms with Crippen molar-refractivity contribution in [1.82, 2.24) is 30.6 Å². The summed E-state index contributed by atoms with van der Waals surface area (Å²) >= 11 is 0. The average molecular weight is 520 g/mol. The molecule has 2 aromatic rings. The first kappa shape index (κ1) is 25.8. The third-order valence-corrected chi connectivity index (χ3v) is 6.82. The molecule has 3 aliphatic heterocycles. The van der Waals surface area contributed by atoms with Gasteiger partial charge in [0.25, 0.3) is 5.91 Å². The lowest BCUT2D eigenvalue weighted by molar-refractivity contribution is -0.272. The molecule has 3 aliphatic rings. The predicted octanol–water partition coefficient (Wildman–Crippen LogP) is -0.241. The van der Waals surface area contributed by atoms with Gasteiger partial charge in [-0.25, -0.2) is 15.0 Å². The van der Waals surface area contributed by atoms with Gasteiger partial charge in [0.1, 0.15) is 23.8 Å². The van der Waals surface area contributed by atoms with Crippen LogP contribution in [0.15, 0.2) is 48.9 Å². The Bertz CT molecular complexity index is 1170. The highest BCUT2D eigenvalue weighted by atomic mass is 16.6. The van der Waals surface area contributed by atoms with E-state index in [1.54, 1.807) is 5.01 Å². The van der Waals surface area contributed by atoms with Crippen LogP contribution in [0.4, 0.5) is 0 Å². The number of carbonyl (C=O) groups is 4. The molecule has 0 aliphatic carbocycles. The highest BCUT2D eigenvalue weighted by Crippen LogP contribution is 2.34. The van der Waals surface area contributed by atoms with Crippen molar-refractivity contribution in [1.29, 1.82) is 0 Å². The fraction of sp³-hybridized carbons (Fsp3) is 0.440. The Morgan fingerprint density at radius 3 is 2.32 bits per heavy atom. The first-order chi connectivity index (χ1) is 18.3. The number of hydrogen-bond acceptors (Lipinski definition) is 10. The number of piperazine rings is 1. The van der Waals surface area contributed by atoms with E-state index in [1.807, 2.05) is 49.2 Å². The number of hydrazine groups is 1. The molecule has 12 nitrogen and oxygen atoms in total. The Morgan fingerprint density at radius 1 is 1.05 bits per heavy atom. The van der Waals surface area contributed by atoms with Gasteiger partial charge in [0.15, 0.2) is 0 Å². The van der Waals surface area contributed by atoms with E-state index in [2.05, 4.69) is 20.6 Å². The van der Waals surface area contributed by atoms with Gasteiger partial charge in [-0.05, 0) is 17.9 Å². The molecule has 0 spiro atoms. The van der Waals surface area contributed by atoms with Gasteiger partial charge in [-0.3, -0.25) is 24.2 Å². The van der Waals surface area contributed by atoms with E-state index in [1.165, 1.54) is 18.6 Å². The van der Waals surface area contributed by atoms with E-state index < -0.39 is 54.9 Å². The van der Waals surface area contributed by atoms with Crippen molar-refractivity contribution in [2.45, 2.75) is 50.8 Å². The zero-order chi connectivity index (χ0) is 26.8. The van der Waals surface area contributed by atoms with Gasteiger partial charge in [-0.15, -0.1) is 0 Å². The summed E-state index contributed by atoms with van der Waals surface area (Å²) in [5.74, 6) is -2.80. The second-order valence-corrected chi connectivity index (χ2v) is 10.1. The summed E-state index contributed by atoms with van der Waals surface area (Å²) in [6.45, 7) is 4.87. The molecule has 4 atom stereocenters. The largest absolute Gasteiger partial charge is 0.622 e. The zero-order valence-electron chi connectivity index (χ0n) is 21.1. The van der Waals surface area contributed by atoms with Gasteiger partial charge in [0, 0.05) is 31.9 Å². The summed E-state index contributed by atoms with van der Waals surface area (Å²) in [4.78, 5) is 60.0. The maximum atomic E-state index is 13.6. The highest BCUT2D eigenvalue weighted by Gasteiger charge is 2.60. The van der Waals surface area contributed by atoms with Gasteiger partial charge in [0.2, 0.25) is 5.91 Å². The van der Waals surface area contributed by atoms with E-state index >= 15 is 0 Å². The van der Waals surface area contributed by atoms with Gasteiger partial charge < -0.3 is 19.9 Å². The van der Waals surface area contributed by atoms with Crippen molar-refractivity contribution in [3.05, 3.63) is 60.2 Å². The first-order valence-electron chi connectivity index (χ1n) is 12.7. The monoisotopic (exact) mass is 520 g/mol. The SMILES string of the molecule is CC(C)C[C@H](NC(=O)[C@H](Cc1ccccc1)NC(=O)c1cnccn1)B1OC(=O)[C@H]2CN3C[C@@H](C(=O)O1)N23. The molecule has 198 valence electrons. The van der Waals surface area contributed by atoms with Crippen molar-refractivity contribution in [2.75, 3.05) is 13.1 Å². The summed E-state index contributed by atoms with van der Waals surface area (Å²) in [5.41, 5.74) is 0.899. The highest BCUT2D eigenvalue weighted by molar-refractivity contribution is 6.51. The van der Waals surface area contributed by atoms with Crippen LogP contribution in [0.5, 0.6) is 0 Å². The second-order valence-electron chi connectivity index (χ2n) is 10.1. The summed E-state index contributed by atoms with van der Waals surface area (Å²) in [5, 5.41) is 9.19. The quantitative estimate of drug-likeness (QED) is 0.426. The van der Waals surface area contributed by atoms with Crippen LogP contribution in [-0.2, 0) is 30.1 Å². The molecule has 2 amide bonds. The van der Waals surface area contributed by atoms with Crippen LogP contribution in [0.3, 0.4) is 0 Å². The first-order valence-corrected chi connectivity index (χ1v) is 12.7. The molecule has 38 heavy (non-hydrogen) atoms. The second kappa shape index (κ2) is 10.9. The fourth-order valence-electron chi connectivity index (χ4n) is 4.92. The lowest BCUT2D eigenvalue weighted by Crippen LogP contribution is -2.83. The molecule has 3 fully saturated rings. The number of hydrogen-bond donors (Lipinski definition) is 2. The molecular formula is C25H29BN6O6. The molecule has 5 rings (SSSR count). The molecule has 3 saturated heterocycles. The zero-order valence-corrected chi connectivity index (χ0v) is 21.1. The van der Waals surface area contributed by atoms with Crippen molar-refractivity contribution >= 4 is 30.9 Å². The molecule has 4 heterocycles. The topological polar surface area (TPSA) is 143 Å². The minimum atomic E-state index is -1.29. The summed E-state index contributed by atoms with van der Waals surface area (Å²) < 4.78 is 11.2. The Balaban J connectivity index is 1.35. The van der Waals surface area contributed by atoms with E-state index in [4.69, 9.17) is 9.31 Å². The van der Waals surface area contributed by atoms with Crippen LogP contribution < -0.4 is 10.6 Å². The molecule has 0 unspecified atom stereocenters. The lowest BCUT2D eigenvalue weighted by Gasteiger charge is -2.61. The predicted molar refractivity (Wildman–Crippen MR) is 134 cm³/mol. The van der Waals surface area contributed by atoms with Gasteiger partial charge in [-0.2, -0.15) is 0 Å². The summed E-state index contributed by atoms with van der Waals surface area (Å²) in [7, 11) is -1.29. The number of nitrogens with zero attached hydrogens (tertiary/aromatic N) is 4. The number of carbonyl (C=O) groups excluding carboxylic acids is 4. The van der Waals surface area contributed by atoms with Crippen LogP contribution >= 0.6 is 0 Å². The van der Waals surface area contributed by atoms with Gasteiger partial charge >= 0.3 is 19.1 Å². The number of aromatic nitrogens is 2. The maximum absolute atomic E-state index is 13.6. The van der Waals surface area contributed by atoms with Crippen molar-refractivity contribution in [2.24, 2.45) is 5.92 Å². The summed E-state index contributed by atoms with van der Waals surface area (Å²) in [6.07, 6.45) is 4.72. The third kappa shape index (κ3) is 5.39. The smallest absolute Gasteiger partial charge is 0.497 e. The minimum absolute atomic E-state index is 0.0690. The Labute approximate surface area is 220 Å². The number of amides is 2. The minimum Gasteiger partial charge on any atom is -0.497 e. The van der Waals surface area contributed by atoms with Gasteiger partial charge in [-0.1, -0.05) is 44.2 Å². The number of benzene rings is 1. The number of nitrogens with one attached hydrogen (secondary N) is 2. The lowest BCUT2D eigenvalue weighted by atomic mass is 9.72. The maximum Gasteiger partial charge on any atom is 0.622 e. The van der Waals surface area contributed by atoms with Crippen molar-refractivity contribution in [3.8, 4) is 0 Å². The molecule has 1 aromatic heterocycles.